The Kier molecular flexibility index (Phi) is 10.9. The van der Waals surface area contributed by atoms with Crippen molar-refractivity contribution in [3.63, 3.8) is 0 Å². The number of benzene rings is 2. The van der Waals surface area contributed by atoms with E-state index in [1.54, 1.807) is 16.4 Å². The maximum atomic E-state index is 12.1. The van der Waals surface area contributed by atoms with E-state index in [2.05, 4.69) is 10.3 Å². The molecule has 2 aromatic carbocycles. The second kappa shape index (κ2) is 14.6. The molecule has 4 rings (SSSR count). The van der Waals surface area contributed by atoms with Gasteiger partial charge in [-0.3, -0.25) is 14.8 Å². The van der Waals surface area contributed by atoms with Crippen LogP contribution in [0.15, 0.2) is 54.9 Å². The number of amides is 2. The van der Waals surface area contributed by atoms with Crippen LogP contribution in [0.25, 0.3) is 0 Å². The van der Waals surface area contributed by atoms with Crippen molar-refractivity contribution in [2.75, 3.05) is 0 Å². The predicted octanol–water partition coefficient (Wildman–Crippen LogP) is 4.61. The highest BCUT2D eigenvalue weighted by atomic mass is 35.5. The standard InChI is InChI=1S/C28H32Cl2N4O6/c29-26-27(30)34(17-32-26)15-22-13-23(20-9-7-19(16-35)8-10-20)40-28(39-22)21-11-5-18(6-12-21)14-31-24(36)3-1-2-4-25(37)33-38/h5-12,17,22-23,28,35,38H,1-4,13-16H2,(H,31,36)(H,33,37)/t22-,23+,28+/m1/s1. The molecule has 1 fully saturated rings. The molecule has 0 aliphatic carbocycles. The van der Waals surface area contributed by atoms with Crippen LogP contribution in [0.3, 0.4) is 0 Å². The Bertz CT molecular complexity index is 1270. The van der Waals surface area contributed by atoms with E-state index in [9.17, 15) is 14.7 Å². The summed E-state index contributed by atoms with van der Waals surface area (Å²) in [6.45, 7) is 0.777. The second-order valence-corrected chi connectivity index (χ2v) is 10.3. The highest BCUT2D eigenvalue weighted by Gasteiger charge is 2.32. The molecule has 1 aromatic heterocycles. The number of imidazole rings is 1. The summed E-state index contributed by atoms with van der Waals surface area (Å²) in [6.07, 6.45) is 2.57. The van der Waals surface area contributed by atoms with Crippen LogP contribution in [0.4, 0.5) is 0 Å². The fourth-order valence-electron chi connectivity index (χ4n) is 4.43. The number of carbonyl (C=O) groups is 2. The van der Waals surface area contributed by atoms with Crippen molar-refractivity contribution in [2.24, 2.45) is 0 Å². The fraction of sp³-hybridized carbons (Fsp3) is 0.393. The van der Waals surface area contributed by atoms with Gasteiger partial charge in [0.25, 0.3) is 0 Å². The zero-order chi connectivity index (χ0) is 28.5. The number of hydrogen-bond donors (Lipinski definition) is 4. The van der Waals surface area contributed by atoms with Crippen molar-refractivity contribution < 1.29 is 29.4 Å². The molecule has 2 amide bonds. The molecule has 3 aromatic rings. The third-order valence-corrected chi connectivity index (χ3v) is 7.44. The molecule has 0 unspecified atom stereocenters. The number of aliphatic hydroxyl groups is 1. The fourth-order valence-corrected chi connectivity index (χ4v) is 4.74. The Morgan fingerprint density at radius 1 is 0.950 bits per heavy atom. The van der Waals surface area contributed by atoms with E-state index in [4.69, 9.17) is 37.9 Å². The number of ether oxygens (including phenoxy) is 2. The Morgan fingerprint density at radius 3 is 2.23 bits per heavy atom. The quantitative estimate of drug-likeness (QED) is 0.137. The second-order valence-electron chi connectivity index (χ2n) is 9.59. The first-order chi connectivity index (χ1) is 19.4. The van der Waals surface area contributed by atoms with Crippen molar-refractivity contribution in [3.8, 4) is 0 Å². The first kappa shape index (κ1) is 30.0. The van der Waals surface area contributed by atoms with Crippen molar-refractivity contribution >= 4 is 35.0 Å². The molecule has 12 heteroatoms. The van der Waals surface area contributed by atoms with Crippen molar-refractivity contribution in [1.82, 2.24) is 20.3 Å². The van der Waals surface area contributed by atoms with E-state index in [0.29, 0.717) is 43.9 Å². The average molecular weight is 591 g/mol. The topological polar surface area (TPSA) is 135 Å². The lowest BCUT2D eigenvalue weighted by atomic mass is 10.00. The minimum atomic E-state index is -0.640. The van der Waals surface area contributed by atoms with Crippen LogP contribution in [-0.2, 0) is 38.8 Å². The molecule has 0 radical (unpaired) electrons. The lowest BCUT2D eigenvalue weighted by molar-refractivity contribution is -0.252. The van der Waals surface area contributed by atoms with E-state index >= 15 is 0 Å². The van der Waals surface area contributed by atoms with Gasteiger partial charge in [-0.25, -0.2) is 10.5 Å². The predicted molar refractivity (Wildman–Crippen MR) is 147 cm³/mol. The van der Waals surface area contributed by atoms with Gasteiger partial charge in [0.05, 0.1) is 31.7 Å². The average Bonchev–Trinajstić information content (AvgIpc) is 3.30. The van der Waals surface area contributed by atoms with Gasteiger partial charge >= 0.3 is 0 Å². The number of halogens is 2. The molecule has 1 saturated heterocycles. The maximum absolute atomic E-state index is 12.1. The Hall–Kier alpha value is -2.99. The monoisotopic (exact) mass is 590 g/mol. The lowest BCUT2D eigenvalue weighted by Gasteiger charge is -2.36. The van der Waals surface area contributed by atoms with Crippen LogP contribution < -0.4 is 10.8 Å². The molecule has 1 aliphatic rings. The van der Waals surface area contributed by atoms with Gasteiger partial charge in [0, 0.05) is 31.4 Å². The van der Waals surface area contributed by atoms with Gasteiger partial charge in [0.2, 0.25) is 11.8 Å². The summed E-state index contributed by atoms with van der Waals surface area (Å²) >= 11 is 12.3. The summed E-state index contributed by atoms with van der Waals surface area (Å²) in [4.78, 5) is 27.2. The number of hydrogen-bond acceptors (Lipinski definition) is 7. The number of unbranched alkanes of at least 4 members (excludes halogenated alkanes) is 1. The number of carbonyl (C=O) groups excluding carboxylic acids is 2. The summed E-state index contributed by atoms with van der Waals surface area (Å²) in [7, 11) is 0. The van der Waals surface area contributed by atoms with E-state index in [0.717, 1.165) is 22.3 Å². The van der Waals surface area contributed by atoms with E-state index in [-0.39, 0.29) is 36.3 Å². The summed E-state index contributed by atoms with van der Waals surface area (Å²) in [5.41, 5.74) is 5.12. The lowest BCUT2D eigenvalue weighted by Crippen LogP contribution is -2.32. The zero-order valence-electron chi connectivity index (χ0n) is 21.8. The van der Waals surface area contributed by atoms with Crippen molar-refractivity contribution in [2.45, 2.75) is 70.3 Å². The number of nitrogens with zero attached hydrogens (tertiary/aromatic N) is 2. The third-order valence-electron chi connectivity index (χ3n) is 6.67. The first-order valence-corrected chi connectivity index (χ1v) is 13.8. The maximum Gasteiger partial charge on any atom is 0.243 e. The Morgan fingerprint density at radius 2 is 1.60 bits per heavy atom. The molecule has 0 saturated carbocycles. The van der Waals surface area contributed by atoms with Gasteiger partial charge in [0.1, 0.15) is 5.15 Å². The molecule has 0 spiro atoms. The molecule has 40 heavy (non-hydrogen) atoms. The van der Waals surface area contributed by atoms with Crippen LogP contribution in [0.1, 0.15) is 66.8 Å². The molecule has 0 bridgehead atoms. The normalized spacial score (nSPS) is 18.9. The summed E-state index contributed by atoms with van der Waals surface area (Å²) in [6, 6.07) is 15.3. The minimum Gasteiger partial charge on any atom is -0.392 e. The van der Waals surface area contributed by atoms with Gasteiger partial charge in [-0.1, -0.05) is 71.7 Å². The molecule has 1 aliphatic heterocycles. The molecule has 10 nitrogen and oxygen atoms in total. The van der Waals surface area contributed by atoms with Crippen molar-refractivity contribution in [1.29, 1.82) is 0 Å². The molecule has 2 heterocycles. The van der Waals surface area contributed by atoms with Crippen LogP contribution >= 0.6 is 23.2 Å². The molecule has 214 valence electrons. The van der Waals surface area contributed by atoms with Crippen LogP contribution in [0, 0.1) is 0 Å². The van der Waals surface area contributed by atoms with Gasteiger partial charge < -0.3 is 24.5 Å². The Labute approximate surface area is 242 Å². The molecular weight excluding hydrogens is 559 g/mol. The third kappa shape index (κ3) is 8.26. The van der Waals surface area contributed by atoms with Crippen LogP contribution in [0.5, 0.6) is 0 Å². The zero-order valence-corrected chi connectivity index (χ0v) is 23.3. The highest BCUT2D eigenvalue weighted by Crippen LogP contribution is 2.39. The van der Waals surface area contributed by atoms with Gasteiger partial charge in [-0.2, -0.15) is 0 Å². The largest absolute Gasteiger partial charge is 0.392 e. The minimum absolute atomic E-state index is 0.0315. The molecule has 4 N–H and O–H groups in total. The van der Waals surface area contributed by atoms with Gasteiger partial charge in [-0.05, 0) is 29.5 Å². The van der Waals surface area contributed by atoms with Crippen LogP contribution in [0.2, 0.25) is 10.3 Å². The SMILES string of the molecule is O=C(CCCCC(=O)NCc1ccc([C@H]2O[C@@H](Cn3cnc(Cl)c3Cl)C[C@@H](c3ccc(CO)cc3)O2)cc1)NO. The molecular formula is C28H32Cl2N4O6. The van der Waals surface area contributed by atoms with Gasteiger partial charge in [0.15, 0.2) is 11.4 Å². The summed E-state index contributed by atoms with van der Waals surface area (Å²) in [5, 5.41) is 21.4. The number of hydroxylamine groups is 1. The number of aromatic nitrogens is 2. The highest BCUT2D eigenvalue weighted by molar-refractivity contribution is 6.40. The Balaban J connectivity index is 1.39. The van der Waals surface area contributed by atoms with E-state index in [1.165, 1.54) is 0 Å². The number of nitrogens with one attached hydrogen (secondary N) is 2. The summed E-state index contributed by atoms with van der Waals surface area (Å²) in [5.74, 6) is -0.567. The molecule has 3 atom stereocenters. The number of aliphatic hydroxyl groups excluding tert-OH is 1. The summed E-state index contributed by atoms with van der Waals surface area (Å²) < 4.78 is 14.4. The van der Waals surface area contributed by atoms with Crippen LogP contribution in [-0.4, -0.2) is 37.8 Å². The van der Waals surface area contributed by atoms with E-state index in [1.807, 2.05) is 48.5 Å². The number of rotatable bonds is 12. The first-order valence-electron chi connectivity index (χ1n) is 13.0. The smallest absolute Gasteiger partial charge is 0.243 e. The van der Waals surface area contributed by atoms with Crippen molar-refractivity contribution in [3.05, 3.63) is 87.4 Å². The van der Waals surface area contributed by atoms with E-state index < -0.39 is 12.2 Å². The van der Waals surface area contributed by atoms with Gasteiger partial charge in [-0.15, -0.1) is 0 Å².